The number of halogens is 1. The van der Waals surface area contributed by atoms with Crippen molar-refractivity contribution in [1.82, 2.24) is 14.8 Å². The number of pyridine rings is 1. The first-order chi connectivity index (χ1) is 10.2. The fourth-order valence-electron chi connectivity index (χ4n) is 2.44. The average Bonchev–Trinajstić information content (AvgIpc) is 3.00. The summed E-state index contributed by atoms with van der Waals surface area (Å²) in [6, 6.07) is 5.69. The molecule has 3 rings (SSSR count). The maximum atomic E-state index is 12.4. The Morgan fingerprint density at radius 3 is 2.76 bits per heavy atom. The molecule has 2 aromatic rings. The van der Waals surface area contributed by atoms with Crippen molar-refractivity contribution in [3.05, 3.63) is 52.7 Å². The number of nitrogens with zero attached hydrogens (tertiary/aromatic N) is 3. The van der Waals surface area contributed by atoms with Gasteiger partial charge in [-0.05, 0) is 34.1 Å². The van der Waals surface area contributed by atoms with E-state index >= 15 is 0 Å². The van der Waals surface area contributed by atoms with Crippen molar-refractivity contribution in [1.29, 1.82) is 0 Å². The van der Waals surface area contributed by atoms with E-state index in [1.165, 1.54) is 0 Å². The zero-order valence-corrected chi connectivity index (χ0v) is 13.1. The summed E-state index contributed by atoms with van der Waals surface area (Å²) in [4.78, 5) is 20.6. The molecular formula is C15H16BrN3O2. The van der Waals surface area contributed by atoms with Crippen molar-refractivity contribution in [2.24, 2.45) is 0 Å². The van der Waals surface area contributed by atoms with Crippen molar-refractivity contribution in [2.45, 2.75) is 6.54 Å². The average molecular weight is 350 g/mol. The highest BCUT2D eigenvalue weighted by Crippen LogP contribution is 2.14. The molecule has 21 heavy (non-hydrogen) atoms. The first kappa shape index (κ1) is 14.3. The molecular weight excluding hydrogens is 334 g/mol. The van der Waals surface area contributed by atoms with Crippen LogP contribution in [0.1, 0.15) is 16.1 Å². The predicted molar refractivity (Wildman–Crippen MR) is 81.8 cm³/mol. The van der Waals surface area contributed by atoms with Gasteiger partial charge in [-0.1, -0.05) is 0 Å². The second-order valence-corrected chi connectivity index (χ2v) is 5.96. The van der Waals surface area contributed by atoms with Crippen LogP contribution < -0.4 is 0 Å². The van der Waals surface area contributed by atoms with Crippen LogP contribution in [0.15, 0.2) is 45.7 Å². The summed E-state index contributed by atoms with van der Waals surface area (Å²) >= 11 is 3.35. The molecule has 0 bridgehead atoms. The van der Waals surface area contributed by atoms with Gasteiger partial charge in [-0.25, -0.2) is 0 Å². The molecule has 0 saturated carbocycles. The second kappa shape index (κ2) is 6.41. The normalized spacial score (nSPS) is 16.1. The lowest BCUT2D eigenvalue weighted by Crippen LogP contribution is -2.48. The van der Waals surface area contributed by atoms with Crippen LogP contribution >= 0.6 is 15.9 Å². The molecule has 2 aromatic heterocycles. The van der Waals surface area contributed by atoms with Gasteiger partial charge in [-0.2, -0.15) is 0 Å². The maximum Gasteiger partial charge on any atom is 0.255 e. The molecule has 110 valence electrons. The van der Waals surface area contributed by atoms with Gasteiger partial charge in [-0.3, -0.25) is 14.7 Å². The SMILES string of the molecule is O=C(c1cncc(Br)c1)N1CCN(Cc2ccco2)CC1. The van der Waals surface area contributed by atoms with Crippen LogP contribution in [0.3, 0.4) is 0 Å². The molecule has 6 heteroatoms. The fraction of sp³-hybridized carbons (Fsp3) is 0.333. The lowest BCUT2D eigenvalue weighted by molar-refractivity contribution is 0.0620. The van der Waals surface area contributed by atoms with Gasteiger partial charge in [0.2, 0.25) is 0 Å². The predicted octanol–water partition coefficient (Wildman–Crippen LogP) is 2.40. The van der Waals surface area contributed by atoms with Crippen LogP contribution in [0.4, 0.5) is 0 Å². The van der Waals surface area contributed by atoms with Gasteiger partial charge in [0.25, 0.3) is 5.91 Å². The van der Waals surface area contributed by atoms with Gasteiger partial charge in [0.05, 0.1) is 18.4 Å². The van der Waals surface area contributed by atoms with Gasteiger partial charge < -0.3 is 9.32 Å². The minimum absolute atomic E-state index is 0.0430. The minimum Gasteiger partial charge on any atom is -0.468 e. The molecule has 3 heterocycles. The Morgan fingerprint density at radius 1 is 1.29 bits per heavy atom. The third-order valence-electron chi connectivity index (χ3n) is 3.57. The summed E-state index contributed by atoms with van der Waals surface area (Å²) < 4.78 is 6.18. The van der Waals surface area contributed by atoms with E-state index in [0.717, 1.165) is 43.0 Å². The third kappa shape index (κ3) is 3.51. The molecule has 1 aliphatic rings. The molecule has 1 saturated heterocycles. The van der Waals surface area contributed by atoms with Crippen LogP contribution in [-0.2, 0) is 6.54 Å². The number of furan rings is 1. The quantitative estimate of drug-likeness (QED) is 0.853. The molecule has 0 N–H and O–H groups in total. The van der Waals surface area contributed by atoms with Crippen molar-refractivity contribution < 1.29 is 9.21 Å². The topological polar surface area (TPSA) is 49.6 Å². The Morgan fingerprint density at radius 2 is 2.10 bits per heavy atom. The summed E-state index contributed by atoms with van der Waals surface area (Å²) in [7, 11) is 0. The van der Waals surface area contributed by atoms with Gasteiger partial charge in [-0.15, -0.1) is 0 Å². The summed E-state index contributed by atoms with van der Waals surface area (Å²) in [5.41, 5.74) is 0.629. The van der Waals surface area contributed by atoms with E-state index in [0.29, 0.717) is 5.56 Å². The molecule has 5 nitrogen and oxygen atoms in total. The van der Waals surface area contributed by atoms with E-state index in [1.807, 2.05) is 23.1 Å². The Labute approximate surface area is 131 Å². The third-order valence-corrected chi connectivity index (χ3v) is 4.00. The van der Waals surface area contributed by atoms with Gasteiger partial charge in [0.1, 0.15) is 5.76 Å². The zero-order chi connectivity index (χ0) is 14.7. The maximum absolute atomic E-state index is 12.4. The molecule has 1 amide bonds. The molecule has 0 aromatic carbocycles. The number of carbonyl (C=O) groups is 1. The lowest BCUT2D eigenvalue weighted by atomic mass is 10.2. The zero-order valence-electron chi connectivity index (χ0n) is 11.5. The van der Waals surface area contributed by atoms with E-state index in [2.05, 4.69) is 25.8 Å². The van der Waals surface area contributed by atoms with Crippen molar-refractivity contribution >= 4 is 21.8 Å². The molecule has 0 spiro atoms. The summed E-state index contributed by atoms with van der Waals surface area (Å²) in [6.07, 6.45) is 4.98. The van der Waals surface area contributed by atoms with Gasteiger partial charge >= 0.3 is 0 Å². The summed E-state index contributed by atoms with van der Waals surface area (Å²) in [6.45, 7) is 3.97. The van der Waals surface area contributed by atoms with Crippen molar-refractivity contribution in [3.63, 3.8) is 0 Å². The minimum atomic E-state index is 0.0430. The summed E-state index contributed by atoms with van der Waals surface area (Å²) in [5, 5.41) is 0. The Kier molecular flexibility index (Phi) is 4.36. The Balaban J connectivity index is 1.57. The second-order valence-electron chi connectivity index (χ2n) is 5.04. The molecule has 0 atom stereocenters. The first-order valence-electron chi connectivity index (χ1n) is 6.87. The van der Waals surface area contributed by atoms with Crippen LogP contribution in [0, 0.1) is 0 Å². The van der Waals surface area contributed by atoms with Crippen molar-refractivity contribution in [2.75, 3.05) is 26.2 Å². The van der Waals surface area contributed by atoms with E-state index < -0.39 is 0 Å². The largest absolute Gasteiger partial charge is 0.468 e. The van der Waals surface area contributed by atoms with Gasteiger partial charge in [0, 0.05) is 43.0 Å². The highest BCUT2D eigenvalue weighted by atomic mass is 79.9. The monoisotopic (exact) mass is 349 g/mol. The number of hydrogen-bond acceptors (Lipinski definition) is 4. The van der Waals surface area contributed by atoms with Crippen LogP contribution in [0.2, 0.25) is 0 Å². The van der Waals surface area contributed by atoms with Gasteiger partial charge in [0.15, 0.2) is 0 Å². The number of amides is 1. The van der Waals surface area contributed by atoms with E-state index in [9.17, 15) is 4.79 Å². The highest BCUT2D eigenvalue weighted by molar-refractivity contribution is 9.10. The van der Waals surface area contributed by atoms with Crippen LogP contribution in [0.5, 0.6) is 0 Å². The number of rotatable bonds is 3. The van der Waals surface area contributed by atoms with Crippen molar-refractivity contribution in [3.8, 4) is 0 Å². The fourth-order valence-corrected chi connectivity index (χ4v) is 2.81. The Hall–Kier alpha value is -1.66. The highest BCUT2D eigenvalue weighted by Gasteiger charge is 2.22. The molecule has 0 radical (unpaired) electrons. The summed E-state index contributed by atoms with van der Waals surface area (Å²) in [5.74, 6) is 1.01. The molecule has 1 fully saturated rings. The number of carbonyl (C=O) groups excluding carboxylic acids is 1. The molecule has 1 aliphatic heterocycles. The van der Waals surface area contributed by atoms with Crippen LogP contribution in [0.25, 0.3) is 0 Å². The van der Waals surface area contributed by atoms with E-state index in [4.69, 9.17) is 4.42 Å². The van der Waals surface area contributed by atoms with E-state index in [1.54, 1.807) is 18.7 Å². The molecule has 0 aliphatic carbocycles. The van der Waals surface area contributed by atoms with E-state index in [-0.39, 0.29) is 5.91 Å². The number of aromatic nitrogens is 1. The number of hydrogen-bond donors (Lipinski definition) is 0. The standard InChI is InChI=1S/C15H16BrN3O2/c16-13-8-12(9-17-10-13)15(20)19-5-3-18(4-6-19)11-14-2-1-7-21-14/h1-2,7-10H,3-6,11H2. The number of piperazine rings is 1. The Bertz CT molecular complexity index is 607. The van der Waals surface area contributed by atoms with Crippen LogP contribution in [-0.4, -0.2) is 46.9 Å². The smallest absolute Gasteiger partial charge is 0.255 e. The lowest BCUT2D eigenvalue weighted by Gasteiger charge is -2.34. The molecule has 0 unspecified atom stereocenters. The first-order valence-corrected chi connectivity index (χ1v) is 7.66.